The van der Waals surface area contributed by atoms with Crippen molar-refractivity contribution >= 4 is 46.4 Å². The number of likely N-dealkylation sites (tertiary alicyclic amines) is 1. The summed E-state index contributed by atoms with van der Waals surface area (Å²) in [6.07, 6.45) is 0.00973. The lowest BCUT2D eigenvalue weighted by atomic mass is 9.83. The summed E-state index contributed by atoms with van der Waals surface area (Å²) >= 11 is 18.7. The molecule has 1 saturated heterocycles. The van der Waals surface area contributed by atoms with Gasteiger partial charge in [-0.2, -0.15) is 0 Å². The van der Waals surface area contributed by atoms with E-state index in [1.54, 1.807) is 16.7 Å². The number of rotatable bonds is 4. The van der Waals surface area contributed by atoms with Crippen LogP contribution in [-0.4, -0.2) is 43.3 Å². The molecular formula is C20H19Cl3N4O4. The number of pyridine rings is 1. The third-order valence-electron chi connectivity index (χ3n) is 5.79. The molecule has 0 radical (unpaired) electrons. The highest BCUT2D eigenvalue weighted by Crippen LogP contribution is 2.40. The van der Waals surface area contributed by atoms with E-state index in [0.29, 0.717) is 19.6 Å². The summed E-state index contributed by atoms with van der Waals surface area (Å²) in [6, 6.07) is 10.4. The molecule has 1 aromatic carbocycles. The largest absolute Gasteiger partial charge is 0.332 e. The van der Waals surface area contributed by atoms with Gasteiger partial charge in [-0.15, -0.1) is 0 Å². The highest BCUT2D eigenvalue weighted by molar-refractivity contribution is 6.68. The molecular weight excluding hydrogens is 467 g/mol. The number of non-ortho nitro benzene ring substituents is 1. The number of hydrogen-bond donors (Lipinski definition) is 1. The molecule has 3 heterocycles. The lowest BCUT2D eigenvalue weighted by Gasteiger charge is -2.47. The first-order valence-corrected chi connectivity index (χ1v) is 10.8. The first-order chi connectivity index (χ1) is 14.6. The number of hydrogen-bond acceptors (Lipinski definition) is 5. The average Bonchev–Trinajstić information content (AvgIpc) is 2.71. The number of carbonyl (C=O) groups excluding carboxylic acids is 1. The third-order valence-corrected chi connectivity index (χ3v) is 6.41. The molecule has 0 spiro atoms. The Bertz CT molecular complexity index is 1070. The quantitative estimate of drug-likeness (QED) is 0.407. The fourth-order valence-corrected chi connectivity index (χ4v) is 5.04. The minimum atomic E-state index is -1.81. The minimum absolute atomic E-state index is 0.0231. The number of nitro groups is 1. The molecule has 0 saturated carbocycles. The standard InChI is InChI=1S/C20H19Cl3N4O4/c21-20(22,23)19(24-18(29)13-4-6-15(7-5-13)27(30)31)25-9-12-8-14(11-25)16-2-1-3-17(28)26(16)10-12/h1-7,12,14,19H,8-11H2,(H,24,29)/t12-,14-,19+/m1/s1. The van der Waals surface area contributed by atoms with E-state index in [1.165, 1.54) is 24.3 Å². The third kappa shape index (κ3) is 4.57. The molecule has 1 fully saturated rings. The van der Waals surface area contributed by atoms with Crippen LogP contribution < -0.4 is 10.9 Å². The van der Waals surface area contributed by atoms with E-state index in [1.807, 2.05) is 11.0 Å². The smallest absolute Gasteiger partial charge is 0.269 e. The van der Waals surface area contributed by atoms with Gasteiger partial charge in [0.1, 0.15) is 6.17 Å². The number of amides is 1. The fraction of sp³-hybridized carbons (Fsp3) is 0.400. The number of nitrogens with zero attached hydrogens (tertiary/aromatic N) is 3. The second-order valence-corrected chi connectivity index (χ2v) is 10.2. The molecule has 4 rings (SSSR count). The van der Waals surface area contributed by atoms with Crippen LogP contribution in [-0.2, 0) is 6.54 Å². The van der Waals surface area contributed by atoms with Crippen molar-refractivity contribution < 1.29 is 9.72 Å². The normalized spacial score (nSPS) is 21.8. The van der Waals surface area contributed by atoms with Crippen molar-refractivity contribution in [1.82, 2.24) is 14.8 Å². The molecule has 31 heavy (non-hydrogen) atoms. The first-order valence-electron chi connectivity index (χ1n) is 9.69. The Kier molecular flexibility index (Phi) is 6.00. The first kappa shape index (κ1) is 22.1. The number of alkyl halides is 3. The van der Waals surface area contributed by atoms with Crippen LogP contribution in [0.3, 0.4) is 0 Å². The predicted octanol–water partition coefficient (Wildman–Crippen LogP) is 3.30. The van der Waals surface area contributed by atoms with Crippen molar-refractivity contribution in [3.05, 3.63) is 74.2 Å². The van der Waals surface area contributed by atoms with Crippen LogP contribution in [0.2, 0.25) is 0 Å². The van der Waals surface area contributed by atoms with Gasteiger partial charge in [0, 0.05) is 55.0 Å². The number of halogens is 3. The molecule has 1 N–H and O–H groups in total. The van der Waals surface area contributed by atoms with Gasteiger partial charge in [0.05, 0.1) is 4.92 Å². The van der Waals surface area contributed by atoms with E-state index in [4.69, 9.17) is 34.8 Å². The number of fused-ring (bicyclic) bond motifs is 4. The molecule has 0 unspecified atom stereocenters. The maximum atomic E-state index is 12.8. The van der Waals surface area contributed by atoms with Gasteiger partial charge < -0.3 is 9.88 Å². The fourth-order valence-electron chi connectivity index (χ4n) is 4.47. The van der Waals surface area contributed by atoms with Crippen LogP contribution in [0.1, 0.15) is 28.4 Å². The number of carbonyl (C=O) groups is 1. The highest BCUT2D eigenvalue weighted by Gasteiger charge is 2.44. The molecule has 11 heteroatoms. The van der Waals surface area contributed by atoms with Gasteiger partial charge in [-0.3, -0.25) is 24.6 Å². The van der Waals surface area contributed by atoms with Crippen LogP contribution in [0, 0.1) is 16.0 Å². The van der Waals surface area contributed by atoms with Crippen molar-refractivity contribution in [2.24, 2.45) is 5.92 Å². The molecule has 1 aromatic heterocycles. The summed E-state index contributed by atoms with van der Waals surface area (Å²) in [5, 5.41) is 13.6. The van der Waals surface area contributed by atoms with Crippen molar-refractivity contribution in [3.8, 4) is 0 Å². The summed E-state index contributed by atoms with van der Waals surface area (Å²) in [6.45, 7) is 1.64. The Labute approximate surface area is 192 Å². The Hall–Kier alpha value is -2.13. The highest BCUT2D eigenvalue weighted by atomic mass is 35.6. The van der Waals surface area contributed by atoms with Crippen LogP contribution in [0.25, 0.3) is 0 Å². The average molecular weight is 486 g/mol. The summed E-state index contributed by atoms with van der Waals surface area (Å²) in [5.74, 6) is -0.247. The van der Waals surface area contributed by atoms with E-state index in [0.717, 1.165) is 12.1 Å². The van der Waals surface area contributed by atoms with Crippen LogP contribution in [0.4, 0.5) is 5.69 Å². The van der Waals surface area contributed by atoms with Crippen LogP contribution >= 0.6 is 34.8 Å². The van der Waals surface area contributed by atoms with Gasteiger partial charge in [-0.25, -0.2) is 0 Å². The number of nitro benzene ring substituents is 1. The van der Waals surface area contributed by atoms with Gasteiger partial charge in [0.25, 0.3) is 17.2 Å². The molecule has 2 aliphatic heterocycles. The Balaban J connectivity index is 1.56. The number of benzene rings is 1. The van der Waals surface area contributed by atoms with E-state index in [9.17, 15) is 19.7 Å². The van der Waals surface area contributed by atoms with E-state index < -0.39 is 20.8 Å². The molecule has 0 aliphatic carbocycles. The van der Waals surface area contributed by atoms with Gasteiger partial charge in [0.2, 0.25) is 3.79 Å². The molecule has 164 valence electrons. The predicted molar refractivity (Wildman–Crippen MR) is 118 cm³/mol. The van der Waals surface area contributed by atoms with Gasteiger partial charge in [0.15, 0.2) is 0 Å². The molecule has 8 nitrogen and oxygen atoms in total. The second-order valence-electron chi connectivity index (χ2n) is 7.87. The topological polar surface area (TPSA) is 97.5 Å². The Morgan fingerprint density at radius 2 is 1.84 bits per heavy atom. The SMILES string of the molecule is O=C(N[C@@H](N1C[C@H]2C[C@H](C1)c1cccc(=O)n1C2)C(Cl)(Cl)Cl)c1ccc([N+](=O)[O-])cc1. The lowest BCUT2D eigenvalue weighted by Crippen LogP contribution is -2.60. The minimum Gasteiger partial charge on any atom is -0.332 e. The van der Waals surface area contributed by atoms with Crippen LogP contribution in [0.15, 0.2) is 47.3 Å². The molecule has 3 atom stereocenters. The van der Waals surface area contributed by atoms with E-state index in [-0.39, 0.29) is 28.6 Å². The zero-order valence-electron chi connectivity index (χ0n) is 16.2. The van der Waals surface area contributed by atoms with Crippen molar-refractivity contribution in [3.63, 3.8) is 0 Å². The number of aromatic nitrogens is 1. The summed E-state index contributed by atoms with van der Waals surface area (Å²) < 4.78 is -0.00555. The lowest BCUT2D eigenvalue weighted by molar-refractivity contribution is -0.384. The number of piperidine rings is 1. The zero-order chi connectivity index (χ0) is 22.3. The van der Waals surface area contributed by atoms with E-state index >= 15 is 0 Å². The van der Waals surface area contributed by atoms with Crippen molar-refractivity contribution in [1.29, 1.82) is 0 Å². The van der Waals surface area contributed by atoms with E-state index in [2.05, 4.69) is 5.32 Å². The second kappa shape index (κ2) is 8.43. The summed E-state index contributed by atoms with van der Waals surface area (Å²) in [4.78, 5) is 37.2. The van der Waals surface area contributed by atoms with Gasteiger partial charge >= 0.3 is 0 Å². The maximum Gasteiger partial charge on any atom is 0.269 e. The van der Waals surface area contributed by atoms with Crippen molar-refractivity contribution in [2.75, 3.05) is 13.1 Å². The van der Waals surface area contributed by atoms with Crippen molar-refractivity contribution in [2.45, 2.75) is 28.8 Å². The number of nitrogens with one attached hydrogen (secondary N) is 1. The Morgan fingerprint density at radius 3 is 2.48 bits per heavy atom. The molecule has 2 aromatic rings. The van der Waals surface area contributed by atoms with Gasteiger partial charge in [-0.05, 0) is 30.5 Å². The maximum absolute atomic E-state index is 12.8. The summed E-state index contributed by atoms with van der Waals surface area (Å²) in [5.41, 5.74) is 1.02. The zero-order valence-corrected chi connectivity index (χ0v) is 18.5. The summed E-state index contributed by atoms with van der Waals surface area (Å²) in [7, 11) is 0. The molecule has 2 aliphatic rings. The molecule has 1 amide bonds. The van der Waals surface area contributed by atoms with Crippen LogP contribution in [0.5, 0.6) is 0 Å². The molecule has 2 bridgehead atoms. The Morgan fingerprint density at radius 1 is 1.13 bits per heavy atom. The monoisotopic (exact) mass is 484 g/mol. The van der Waals surface area contributed by atoms with Gasteiger partial charge in [-0.1, -0.05) is 40.9 Å².